The second kappa shape index (κ2) is 7.60. The molecule has 1 unspecified atom stereocenters. The molecule has 2 aliphatic rings. The molecule has 0 radical (unpaired) electrons. The molecule has 136 valence electrons. The number of hydrogen-bond acceptors (Lipinski definition) is 5. The van der Waals surface area contributed by atoms with Gasteiger partial charge in [0.05, 0.1) is 18.2 Å². The zero-order valence-corrected chi connectivity index (χ0v) is 16.7. The monoisotopic (exact) mass is 433 g/mol. The van der Waals surface area contributed by atoms with Crippen LogP contribution < -0.4 is 4.90 Å². The zero-order valence-electron chi connectivity index (χ0n) is 14.3. The Morgan fingerprint density at radius 2 is 1.77 bits per heavy atom. The lowest BCUT2D eigenvalue weighted by molar-refractivity contribution is -0.123. The average Bonchev–Trinajstić information content (AvgIpc) is 3.25. The lowest BCUT2D eigenvalue weighted by Crippen LogP contribution is -2.52. The molecule has 3 heterocycles. The molecule has 2 fully saturated rings. The molecule has 2 aromatic rings. The van der Waals surface area contributed by atoms with Crippen LogP contribution >= 0.6 is 27.3 Å². The summed E-state index contributed by atoms with van der Waals surface area (Å²) in [6, 6.07) is 11.2. The number of carbonyl (C=O) groups is 2. The molecule has 0 saturated carbocycles. The highest BCUT2D eigenvalue weighted by molar-refractivity contribution is 9.10. The molecule has 0 N–H and O–H groups in total. The maximum atomic E-state index is 12.9. The van der Waals surface area contributed by atoms with E-state index >= 15 is 0 Å². The van der Waals surface area contributed by atoms with Crippen molar-refractivity contribution in [2.45, 2.75) is 19.0 Å². The molecule has 5 nitrogen and oxygen atoms in total. The van der Waals surface area contributed by atoms with Gasteiger partial charge in [-0.1, -0.05) is 22.0 Å². The van der Waals surface area contributed by atoms with E-state index in [-0.39, 0.29) is 24.3 Å². The summed E-state index contributed by atoms with van der Waals surface area (Å²) in [6.07, 6.45) is 0.278. The third-order valence-corrected chi connectivity index (χ3v) is 6.40. The molecule has 4 rings (SSSR count). The molecular weight excluding hydrogens is 414 g/mol. The van der Waals surface area contributed by atoms with E-state index in [1.54, 1.807) is 23.5 Å². The Kier molecular flexibility index (Phi) is 5.22. The van der Waals surface area contributed by atoms with Crippen molar-refractivity contribution in [3.05, 3.63) is 51.1 Å². The Bertz CT molecular complexity index is 786. The summed E-state index contributed by atoms with van der Waals surface area (Å²) in [5.41, 5.74) is 0.655. The van der Waals surface area contributed by atoms with Gasteiger partial charge in [0, 0.05) is 42.1 Å². The van der Waals surface area contributed by atoms with E-state index in [9.17, 15) is 9.59 Å². The second-order valence-corrected chi connectivity index (χ2v) is 8.60. The van der Waals surface area contributed by atoms with E-state index in [0.717, 1.165) is 37.2 Å². The molecule has 26 heavy (non-hydrogen) atoms. The van der Waals surface area contributed by atoms with E-state index in [1.807, 2.05) is 12.1 Å². The third kappa shape index (κ3) is 3.62. The fourth-order valence-corrected chi connectivity index (χ4v) is 4.63. The van der Waals surface area contributed by atoms with Crippen LogP contribution in [0.4, 0.5) is 5.69 Å². The van der Waals surface area contributed by atoms with Crippen LogP contribution in [0.5, 0.6) is 0 Å². The number of imide groups is 1. The van der Waals surface area contributed by atoms with Gasteiger partial charge in [0.15, 0.2) is 0 Å². The van der Waals surface area contributed by atoms with Crippen molar-refractivity contribution in [2.75, 3.05) is 31.1 Å². The van der Waals surface area contributed by atoms with Gasteiger partial charge in [0.25, 0.3) is 5.91 Å². The quantitative estimate of drug-likeness (QED) is 0.695. The summed E-state index contributed by atoms with van der Waals surface area (Å²) in [6.45, 7) is 4.46. The van der Waals surface area contributed by atoms with Gasteiger partial charge in [0.2, 0.25) is 5.91 Å². The fourth-order valence-electron chi connectivity index (χ4n) is 3.62. The van der Waals surface area contributed by atoms with Crippen molar-refractivity contribution in [3.63, 3.8) is 0 Å². The SMILES string of the molecule is O=C1CC(N2CCN(Cc3cccs3)CC2)C(=O)N1c1ccc(Br)cc1. The first kappa shape index (κ1) is 17.9. The number of benzene rings is 1. The van der Waals surface area contributed by atoms with Crippen molar-refractivity contribution < 1.29 is 9.59 Å². The van der Waals surface area contributed by atoms with E-state index in [0.29, 0.717) is 5.69 Å². The van der Waals surface area contributed by atoms with Crippen molar-refractivity contribution in [1.82, 2.24) is 9.80 Å². The molecule has 2 amide bonds. The van der Waals surface area contributed by atoms with Crippen molar-refractivity contribution in [2.24, 2.45) is 0 Å². The predicted octanol–water partition coefficient (Wildman–Crippen LogP) is 2.96. The number of nitrogens with zero attached hydrogens (tertiary/aromatic N) is 3. The number of thiophene rings is 1. The smallest absolute Gasteiger partial charge is 0.251 e. The Morgan fingerprint density at radius 1 is 1.04 bits per heavy atom. The summed E-state index contributed by atoms with van der Waals surface area (Å²) < 4.78 is 0.929. The van der Waals surface area contributed by atoms with Gasteiger partial charge < -0.3 is 0 Å². The first-order valence-electron chi connectivity index (χ1n) is 8.73. The van der Waals surface area contributed by atoms with Crippen LogP contribution in [0.1, 0.15) is 11.3 Å². The molecular formula is C19H20BrN3O2S. The average molecular weight is 434 g/mol. The van der Waals surface area contributed by atoms with Crippen LogP contribution in [0.2, 0.25) is 0 Å². The number of hydrogen-bond donors (Lipinski definition) is 0. The zero-order chi connectivity index (χ0) is 18.1. The van der Waals surface area contributed by atoms with Crippen LogP contribution in [-0.2, 0) is 16.1 Å². The first-order valence-corrected chi connectivity index (χ1v) is 10.4. The van der Waals surface area contributed by atoms with E-state index in [4.69, 9.17) is 0 Å². The highest BCUT2D eigenvalue weighted by atomic mass is 79.9. The van der Waals surface area contributed by atoms with E-state index in [1.165, 1.54) is 9.78 Å². The molecule has 1 aromatic heterocycles. The fraction of sp³-hybridized carbons (Fsp3) is 0.368. The molecule has 7 heteroatoms. The maximum absolute atomic E-state index is 12.9. The van der Waals surface area contributed by atoms with Crippen LogP contribution in [0.3, 0.4) is 0 Å². The number of anilines is 1. The van der Waals surface area contributed by atoms with Gasteiger partial charge in [-0.3, -0.25) is 19.4 Å². The Balaban J connectivity index is 1.39. The van der Waals surface area contributed by atoms with Gasteiger partial charge in [-0.15, -0.1) is 11.3 Å². The standard InChI is InChI=1S/C19H20BrN3O2S/c20-14-3-5-15(6-4-14)23-18(24)12-17(19(23)25)22-9-7-21(8-10-22)13-16-2-1-11-26-16/h1-6,11,17H,7-10,12-13H2. The maximum Gasteiger partial charge on any atom is 0.251 e. The molecule has 1 aromatic carbocycles. The summed E-state index contributed by atoms with van der Waals surface area (Å²) >= 11 is 5.16. The second-order valence-electron chi connectivity index (χ2n) is 6.66. The van der Waals surface area contributed by atoms with E-state index < -0.39 is 0 Å². The Hall–Kier alpha value is -1.54. The van der Waals surface area contributed by atoms with Crippen LogP contribution in [0, 0.1) is 0 Å². The minimum Gasteiger partial charge on any atom is -0.296 e. The van der Waals surface area contributed by atoms with Crippen molar-refractivity contribution >= 4 is 44.8 Å². The Morgan fingerprint density at radius 3 is 2.42 bits per heavy atom. The number of rotatable bonds is 4. The Labute approximate surface area is 165 Å². The topological polar surface area (TPSA) is 43.9 Å². The van der Waals surface area contributed by atoms with Gasteiger partial charge in [-0.2, -0.15) is 0 Å². The van der Waals surface area contributed by atoms with E-state index in [2.05, 4.69) is 43.2 Å². The molecule has 0 spiro atoms. The first-order chi connectivity index (χ1) is 12.6. The number of halogens is 1. The van der Waals surface area contributed by atoms with Gasteiger partial charge in [-0.25, -0.2) is 4.90 Å². The minimum atomic E-state index is -0.324. The van der Waals surface area contributed by atoms with Gasteiger partial charge >= 0.3 is 0 Å². The van der Waals surface area contributed by atoms with Crippen LogP contribution in [-0.4, -0.2) is 53.8 Å². The highest BCUT2D eigenvalue weighted by Crippen LogP contribution is 2.27. The highest BCUT2D eigenvalue weighted by Gasteiger charge is 2.43. The molecule has 2 aliphatic heterocycles. The summed E-state index contributed by atoms with van der Waals surface area (Å²) in [7, 11) is 0. The number of piperazine rings is 1. The number of amides is 2. The molecule has 1 atom stereocenters. The lowest BCUT2D eigenvalue weighted by Gasteiger charge is -2.36. The van der Waals surface area contributed by atoms with Crippen LogP contribution in [0.25, 0.3) is 0 Å². The largest absolute Gasteiger partial charge is 0.296 e. The van der Waals surface area contributed by atoms with Gasteiger partial charge in [0.1, 0.15) is 0 Å². The predicted molar refractivity (Wildman–Crippen MR) is 106 cm³/mol. The molecule has 0 aliphatic carbocycles. The minimum absolute atomic E-state index is 0.0935. The third-order valence-electron chi connectivity index (χ3n) is 5.01. The summed E-state index contributed by atoms with van der Waals surface area (Å²) in [5, 5.41) is 2.10. The number of carbonyl (C=O) groups excluding carboxylic acids is 2. The normalized spacial score (nSPS) is 22.3. The summed E-state index contributed by atoms with van der Waals surface area (Å²) in [5.74, 6) is -0.202. The van der Waals surface area contributed by atoms with Crippen molar-refractivity contribution in [1.29, 1.82) is 0 Å². The molecule has 2 saturated heterocycles. The summed E-state index contributed by atoms with van der Waals surface area (Å²) in [4.78, 5) is 32.6. The van der Waals surface area contributed by atoms with Gasteiger partial charge in [-0.05, 0) is 35.7 Å². The van der Waals surface area contributed by atoms with Crippen LogP contribution in [0.15, 0.2) is 46.3 Å². The molecule has 0 bridgehead atoms. The lowest BCUT2D eigenvalue weighted by atomic mass is 10.1. The van der Waals surface area contributed by atoms with Crippen molar-refractivity contribution in [3.8, 4) is 0 Å².